The lowest BCUT2D eigenvalue weighted by Gasteiger charge is -2.20. The van der Waals surface area contributed by atoms with Crippen molar-refractivity contribution in [3.8, 4) is 5.75 Å². The van der Waals surface area contributed by atoms with Crippen LogP contribution in [0.15, 0.2) is 114 Å². The molecule has 0 N–H and O–H groups in total. The maximum atomic E-state index is 10.7. The molecule has 0 amide bonds. The third kappa shape index (κ3) is 9.84. The Labute approximate surface area is 219 Å². The van der Waals surface area contributed by atoms with Crippen LogP contribution in [0.2, 0.25) is 0 Å². The van der Waals surface area contributed by atoms with Gasteiger partial charge in [-0.25, -0.2) is 8.42 Å². The molecule has 0 radical (unpaired) electrons. The zero-order valence-electron chi connectivity index (χ0n) is 20.0. The third-order valence-corrected chi connectivity index (χ3v) is 8.19. The molecule has 0 unspecified atom stereocenters. The van der Waals surface area contributed by atoms with Gasteiger partial charge >= 0.3 is 21.2 Å². The quantitative estimate of drug-likeness (QED) is 0.252. The van der Waals surface area contributed by atoms with Crippen LogP contribution in [-0.2, 0) is 16.5 Å². The summed E-state index contributed by atoms with van der Waals surface area (Å²) in [5.74, 6) is 0.948. The van der Waals surface area contributed by atoms with Crippen LogP contribution in [0, 0.1) is 7.14 Å². The Morgan fingerprint density at radius 3 is 1.69 bits per heavy atom. The lowest BCUT2D eigenvalue weighted by atomic mass is 10.1. The lowest BCUT2D eigenvalue weighted by molar-refractivity contribution is -0.597. The Kier molecular flexibility index (Phi) is 9.48. The van der Waals surface area contributed by atoms with E-state index >= 15 is 0 Å². The summed E-state index contributed by atoms with van der Waals surface area (Å²) in [5, 5.41) is 0. The van der Waals surface area contributed by atoms with Crippen molar-refractivity contribution in [3.05, 3.63) is 127 Å². The van der Waals surface area contributed by atoms with Crippen molar-refractivity contribution in [2.75, 3.05) is 0 Å². The van der Waals surface area contributed by atoms with Crippen molar-refractivity contribution < 1.29 is 38.9 Å². The predicted molar refractivity (Wildman–Crippen MR) is 134 cm³/mol. The van der Waals surface area contributed by atoms with Crippen LogP contribution in [0.4, 0.5) is 0 Å². The smallest absolute Gasteiger partial charge is 0.357 e. The van der Waals surface area contributed by atoms with E-state index in [1.54, 1.807) is 12.1 Å². The lowest BCUT2D eigenvalue weighted by Crippen LogP contribution is -3.61. The Morgan fingerprint density at radius 2 is 1.17 bits per heavy atom. The molecular weight excluding hydrogens is 571 g/mol. The van der Waals surface area contributed by atoms with Crippen LogP contribution in [-0.4, -0.2) is 18.6 Å². The standard InChI is InChI=1S/C16H18IO.C13H12O3S/c1-16(2,3)18-15-11-9-14(10-12-15)17-13-7-5-4-6-8-13;14-17(15,16)13-8-6-12(7-9-13)10-11-4-2-1-3-5-11/h4-12H,1-3H3;1-9H,10H2,(H,14,15,16)/q+1;/p-1. The van der Waals surface area contributed by atoms with E-state index in [-0.39, 0.29) is 31.7 Å². The van der Waals surface area contributed by atoms with Gasteiger partial charge in [-0.05, 0) is 86.8 Å². The SMILES string of the molecule is CC(C)(C)Oc1ccc([I+]c2ccccc2)cc1.O=S(=O)([O-])c1ccc(Cc2ccccc2)cc1. The van der Waals surface area contributed by atoms with E-state index in [0.29, 0.717) is 0 Å². The molecule has 0 aliphatic rings. The first-order valence-electron chi connectivity index (χ1n) is 11.2. The summed E-state index contributed by atoms with van der Waals surface area (Å²) in [6.07, 6.45) is 0.722. The number of hydrogen-bond donors (Lipinski definition) is 0. The van der Waals surface area contributed by atoms with Crippen molar-refractivity contribution in [1.29, 1.82) is 0 Å². The van der Waals surface area contributed by atoms with Crippen LogP contribution in [0.5, 0.6) is 5.75 Å². The second-order valence-electron chi connectivity index (χ2n) is 8.82. The van der Waals surface area contributed by atoms with Gasteiger partial charge in [-0.15, -0.1) is 0 Å². The molecule has 0 aliphatic heterocycles. The van der Waals surface area contributed by atoms with Gasteiger partial charge in [0.15, 0.2) is 7.14 Å². The van der Waals surface area contributed by atoms with Gasteiger partial charge in [-0.1, -0.05) is 60.7 Å². The maximum Gasteiger partial charge on any atom is 0.357 e. The molecule has 0 spiro atoms. The fourth-order valence-corrected chi connectivity index (χ4v) is 5.81. The molecule has 0 heterocycles. The summed E-state index contributed by atoms with van der Waals surface area (Å²) in [5.41, 5.74) is 1.99. The normalized spacial score (nSPS) is 11.3. The molecule has 0 bridgehead atoms. The highest BCUT2D eigenvalue weighted by Gasteiger charge is 2.16. The van der Waals surface area contributed by atoms with Crippen LogP contribution in [0.1, 0.15) is 31.9 Å². The molecule has 4 aromatic carbocycles. The largest absolute Gasteiger partial charge is 0.744 e. The summed E-state index contributed by atoms with van der Waals surface area (Å²) >= 11 is -0.0737. The predicted octanol–water partition coefficient (Wildman–Crippen LogP) is 3.17. The van der Waals surface area contributed by atoms with Crippen LogP contribution < -0.4 is 25.9 Å². The van der Waals surface area contributed by atoms with Gasteiger partial charge in [0.05, 0.1) is 4.90 Å². The number of hydrogen-bond acceptors (Lipinski definition) is 4. The molecule has 0 aromatic heterocycles. The molecule has 0 aliphatic carbocycles. The minimum Gasteiger partial charge on any atom is -0.744 e. The summed E-state index contributed by atoms with van der Waals surface area (Å²) in [4.78, 5) is -0.186. The van der Waals surface area contributed by atoms with Crippen LogP contribution in [0.3, 0.4) is 0 Å². The maximum absolute atomic E-state index is 10.7. The Hall–Kier alpha value is -2.68. The molecule has 0 saturated carbocycles. The molecule has 182 valence electrons. The first kappa shape index (κ1) is 26.9. The zero-order chi connectivity index (χ0) is 25.3. The van der Waals surface area contributed by atoms with E-state index in [1.165, 1.54) is 19.3 Å². The molecule has 0 atom stereocenters. The molecule has 0 fully saturated rings. The molecule has 6 heteroatoms. The highest BCUT2D eigenvalue weighted by molar-refractivity contribution is 7.85. The second-order valence-corrected chi connectivity index (χ2v) is 13.2. The molecule has 0 saturated heterocycles. The van der Waals surface area contributed by atoms with E-state index in [4.69, 9.17) is 4.74 Å². The summed E-state index contributed by atoms with van der Waals surface area (Å²) in [7, 11) is -4.34. The van der Waals surface area contributed by atoms with Crippen LogP contribution >= 0.6 is 0 Å². The van der Waals surface area contributed by atoms with Gasteiger partial charge in [0.1, 0.15) is 21.5 Å². The van der Waals surface area contributed by atoms with Crippen molar-refractivity contribution in [2.45, 2.75) is 37.7 Å². The Bertz CT molecular complexity index is 1280. The number of halogens is 1. The van der Waals surface area contributed by atoms with Crippen molar-refractivity contribution >= 4 is 10.1 Å². The van der Waals surface area contributed by atoms with E-state index < -0.39 is 10.1 Å². The van der Waals surface area contributed by atoms with Gasteiger partial charge in [-0.3, -0.25) is 0 Å². The fourth-order valence-electron chi connectivity index (χ4n) is 3.13. The molecule has 4 aromatic rings. The first-order valence-corrected chi connectivity index (χ1v) is 14.7. The number of ether oxygens (including phenoxy) is 1. The average Bonchev–Trinajstić information content (AvgIpc) is 2.81. The average molecular weight is 601 g/mol. The van der Waals surface area contributed by atoms with E-state index in [0.717, 1.165) is 23.3 Å². The van der Waals surface area contributed by atoms with E-state index in [1.807, 2.05) is 30.3 Å². The van der Waals surface area contributed by atoms with Gasteiger partial charge in [0.25, 0.3) is 0 Å². The third-order valence-electron chi connectivity index (χ3n) is 4.65. The van der Waals surface area contributed by atoms with Gasteiger partial charge in [-0.2, -0.15) is 0 Å². The first-order chi connectivity index (χ1) is 16.6. The van der Waals surface area contributed by atoms with Crippen molar-refractivity contribution in [3.63, 3.8) is 0 Å². The summed E-state index contributed by atoms with van der Waals surface area (Å²) < 4.78 is 40.9. The molecule has 4 rings (SSSR count). The summed E-state index contributed by atoms with van der Waals surface area (Å²) in [6.45, 7) is 6.20. The number of benzene rings is 4. The van der Waals surface area contributed by atoms with Gasteiger partial charge < -0.3 is 9.29 Å². The highest BCUT2D eigenvalue weighted by Crippen LogP contribution is 2.16. The minimum absolute atomic E-state index is 0.0737. The monoisotopic (exact) mass is 600 g/mol. The molecular formula is C29H29IO4S. The second kappa shape index (κ2) is 12.3. The molecule has 35 heavy (non-hydrogen) atoms. The number of rotatable bonds is 6. The Morgan fingerprint density at radius 1 is 0.686 bits per heavy atom. The van der Waals surface area contributed by atoms with Gasteiger partial charge in [0, 0.05) is 0 Å². The van der Waals surface area contributed by atoms with E-state index in [9.17, 15) is 13.0 Å². The van der Waals surface area contributed by atoms with Crippen molar-refractivity contribution in [2.24, 2.45) is 0 Å². The van der Waals surface area contributed by atoms with Crippen molar-refractivity contribution in [1.82, 2.24) is 0 Å². The van der Waals surface area contributed by atoms with Gasteiger partial charge in [0.2, 0.25) is 0 Å². The summed E-state index contributed by atoms with van der Waals surface area (Å²) in [6, 6.07) is 35.0. The molecule has 4 nitrogen and oxygen atoms in total. The highest BCUT2D eigenvalue weighted by atomic mass is 127. The zero-order valence-corrected chi connectivity index (χ0v) is 23.0. The Balaban J connectivity index is 0.000000196. The fraction of sp³-hybridized carbons (Fsp3) is 0.172. The topological polar surface area (TPSA) is 66.4 Å². The van der Waals surface area contributed by atoms with E-state index in [2.05, 4.69) is 75.4 Å². The minimum atomic E-state index is -4.34. The van der Waals surface area contributed by atoms with Crippen LogP contribution in [0.25, 0.3) is 0 Å².